The lowest BCUT2D eigenvalue weighted by Gasteiger charge is -2.30. The number of amides is 1. The third kappa shape index (κ3) is 7.92. The van der Waals surface area contributed by atoms with Crippen LogP contribution in [0, 0.1) is 5.82 Å². The first-order chi connectivity index (χ1) is 17.0. The van der Waals surface area contributed by atoms with Crippen LogP contribution in [-0.2, 0) is 16.1 Å². The minimum absolute atomic E-state index is 0.0605. The van der Waals surface area contributed by atoms with Crippen molar-refractivity contribution in [3.05, 3.63) is 59.9 Å². The summed E-state index contributed by atoms with van der Waals surface area (Å²) in [7, 11) is 0. The lowest BCUT2D eigenvalue weighted by atomic mass is 10.1. The molecule has 0 spiro atoms. The molecule has 0 radical (unpaired) electrons. The van der Waals surface area contributed by atoms with Crippen molar-refractivity contribution in [2.75, 3.05) is 52.6 Å². The standard InChI is InChI=1S/C27H35FN2O5/c28-23-7-11-25(12-8-23)35-21-27(32)19-29(15-17-33-20-27)18-22-5-9-24(10-6-22)34-16-3-14-30-13-2-1-4-26(30)31/h5-12,32H,1-4,13-21H2/t27-/m1/s1. The maximum absolute atomic E-state index is 13.1. The van der Waals surface area contributed by atoms with Crippen LogP contribution in [0.4, 0.5) is 4.39 Å². The average molecular weight is 487 g/mol. The largest absolute Gasteiger partial charge is 0.494 e. The van der Waals surface area contributed by atoms with Crippen molar-refractivity contribution in [2.45, 2.75) is 37.8 Å². The number of carbonyl (C=O) groups is 1. The molecular weight excluding hydrogens is 451 g/mol. The lowest BCUT2D eigenvalue weighted by Crippen LogP contribution is -2.48. The molecular formula is C27H35FN2O5. The number of piperidine rings is 1. The van der Waals surface area contributed by atoms with Gasteiger partial charge in [-0.25, -0.2) is 4.39 Å². The molecule has 190 valence electrons. The van der Waals surface area contributed by atoms with Gasteiger partial charge in [0.15, 0.2) is 0 Å². The van der Waals surface area contributed by atoms with Crippen LogP contribution in [0.2, 0.25) is 0 Å². The first kappa shape index (κ1) is 25.4. The molecule has 1 atom stereocenters. The van der Waals surface area contributed by atoms with Gasteiger partial charge in [-0.15, -0.1) is 0 Å². The number of halogens is 1. The van der Waals surface area contributed by atoms with Crippen molar-refractivity contribution in [1.82, 2.24) is 9.80 Å². The molecule has 0 saturated carbocycles. The molecule has 0 aliphatic carbocycles. The molecule has 0 aromatic heterocycles. The second-order valence-corrected chi connectivity index (χ2v) is 9.41. The molecule has 2 fully saturated rings. The normalized spacial score (nSPS) is 21.5. The van der Waals surface area contributed by atoms with Crippen molar-refractivity contribution in [3.63, 3.8) is 0 Å². The molecule has 1 amide bonds. The van der Waals surface area contributed by atoms with Gasteiger partial charge in [-0.05, 0) is 61.2 Å². The zero-order valence-electron chi connectivity index (χ0n) is 20.2. The Labute approximate surface area is 206 Å². The number of hydrogen-bond donors (Lipinski definition) is 1. The number of nitrogens with zero attached hydrogens (tertiary/aromatic N) is 2. The van der Waals surface area contributed by atoms with Crippen LogP contribution in [-0.4, -0.2) is 79.0 Å². The summed E-state index contributed by atoms with van der Waals surface area (Å²) < 4.78 is 30.3. The second kappa shape index (κ2) is 12.3. The van der Waals surface area contributed by atoms with Crippen LogP contribution in [0.1, 0.15) is 31.2 Å². The Bertz CT molecular complexity index is 940. The third-order valence-corrected chi connectivity index (χ3v) is 6.35. The zero-order valence-corrected chi connectivity index (χ0v) is 20.2. The summed E-state index contributed by atoms with van der Waals surface area (Å²) >= 11 is 0. The first-order valence-electron chi connectivity index (χ1n) is 12.4. The number of likely N-dealkylation sites (tertiary alicyclic amines) is 1. The molecule has 7 nitrogen and oxygen atoms in total. The van der Waals surface area contributed by atoms with Gasteiger partial charge in [0, 0.05) is 39.1 Å². The summed E-state index contributed by atoms with van der Waals surface area (Å²) in [6, 6.07) is 13.7. The van der Waals surface area contributed by atoms with Gasteiger partial charge in [-0.3, -0.25) is 9.69 Å². The number of aliphatic hydroxyl groups is 1. The highest BCUT2D eigenvalue weighted by Crippen LogP contribution is 2.20. The number of rotatable bonds is 10. The van der Waals surface area contributed by atoms with Gasteiger partial charge in [-0.2, -0.15) is 0 Å². The van der Waals surface area contributed by atoms with E-state index in [1.165, 1.54) is 12.1 Å². The highest BCUT2D eigenvalue weighted by Gasteiger charge is 2.33. The Morgan fingerprint density at radius 2 is 1.74 bits per heavy atom. The van der Waals surface area contributed by atoms with Crippen LogP contribution in [0.15, 0.2) is 48.5 Å². The first-order valence-corrected chi connectivity index (χ1v) is 12.4. The molecule has 0 unspecified atom stereocenters. The van der Waals surface area contributed by atoms with Crippen LogP contribution < -0.4 is 9.47 Å². The van der Waals surface area contributed by atoms with Gasteiger partial charge in [0.2, 0.25) is 5.91 Å². The fraction of sp³-hybridized carbons (Fsp3) is 0.519. The Balaban J connectivity index is 1.22. The predicted molar refractivity (Wildman–Crippen MR) is 130 cm³/mol. The Hall–Kier alpha value is -2.68. The van der Waals surface area contributed by atoms with E-state index in [1.807, 2.05) is 29.2 Å². The molecule has 0 bridgehead atoms. The van der Waals surface area contributed by atoms with E-state index in [4.69, 9.17) is 14.2 Å². The minimum Gasteiger partial charge on any atom is -0.494 e. The monoisotopic (exact) mass is 486 g/mol. The highest BCUT2D eigenvalue weighted by molar-refractivity contribution is 5.76. The summed E-state index contributed by atoms with van der Waals surface area (Å²) in [5.41, 5.74) is -0.0519. The van der Waals surface area contributed by atoms with E-state index in [0.717, 1.165) is 43.7 Å². The van der Waals surface area contributed by atoms with Crippen LogP contribution in [0.5, 0.6) is 11.5 Å². The van der Waals surface area contributed by atoms with E-state index < -0.39 is 5.60 Å². The Kier molecular flexibility index (Phi) is 8.95. The van der Waals surface area contributed by atoms with Crippen molar-refractivity contribution in [2.24, 2.45) is 0 Å². The molecule has 2 aromatic rings. The third-order valence-electron chi connectivity index (χ3n) is 6.35. The maximum atomic E-state index is 13.1. The molecule has 2 aliphatic rings. The molecule has 2 heterocycles. The second-order valence-electron chi connectivity index (χ2n) is 9.41. The summed E-state index contributed by atoms with van der Waals surface area (Å²) in [5, 5.41) is 11.1. The molecule has 1 N–H and O–H groups in total. The van der Waals surface area contributed by atoms with E-state index in [0.29, 0.717) is 45.0 Å². The molecule has 4 rings (SSSR count). The van der Waals surface area contributed by atoms with Crippen LogP contribution >= 0.6 is 0 Å². The summed E-state index contributed by atoms with van der Waals surface area (Å²) in [6.45, 7) is 4.73. The van der Waals surface area contributed by atoms with E-state index in [9.17, 15) is 14.3 Å². The Morgan fingerprint density at radius 1 is 1.00 bits per heavy atom. The molecule has 8 heteroatoms. The zero-order chi connectivity index (χ0) is 24.5. The summed E-state index contributed by atoms with van der Waals surface area (Å²) in [6.07, 6.45) is 3.59. The lowest BCUT2D eigenvalue weighted by molar-refractivity contribution is -0.133. The molecule has 35 heavy (non-hydrogen) atoms. The molecule has 2 aliphatic heterocycles. The number of β-amino-alcohol motifs (C(OH)–C–C–N with tert-alkyl or cyclic N) is 1. The van der Waals surface area contributed by atoms with Crippen molar-refractivity contribution >= 4 is 5.91 Å². The van der Waals surface area contributed by atoms with Crippen molar-refractivity contribution < 1.29 is 28.5 Å². The Morgan fingerprint density at radius 3 is 2.51 bits per heavy atom. The SMILES string of the molecule is O=C1CCCCN1CCCOc1ccc(CN2CCOC[C@@](O)(COc3ccc(F)cc3)C2)cc1. The van der Waals surface area contributed by atoms with Crippen LogP contribution in [0.3, 0.4) is 0 Å². The van der Waals surface area contributed by atoms with Gasteiger partial charge in [-0.1, -0.05) is 12.1 Å². The van der Waals surface area contributed by atoms with Gasteiger partial charge in [0.1, 0.15) is 29.5 Å². The smallest absolute Gasteiger partial charge is 0.222 e. The van der Waals surface area contributed by atoms with Crippen molar-refractivity contribution in [1.29, 1.82) is 0 Å². The summed E-state index contributed by atoms with van der Waals surface area (Å²) in [4.78, 5) is 16.0. The van der Waals surface area contributed by atoms with Crippen molar-refractivity contribution in [3.8, 4) is 11.5 Å². The maximum Gasteiger partial charge on any atom is 0.222 e. The van der Waals surface area contributed by atoms with Gasteiger partial charge < -0.3 is 24.2 Å². The predicted octanol–water partition coefficient (Wildman–Crippen LogP) is 3.25. The number of benzene rings is 2. The van der Waals surface area contributed by atoms with E-state index in [1.54, 1.807) is 12.1 Å². The number of hydrogen-bond acceptors (Lipinski definition) is 6. The number of carbonyl (C=O) groups excluding carboxylic acids is 1. The fourth-order valence-electron chi connectivity index (χ4n) is 4.46. The average Bonchev–Trinajstić information content (AvgIpc) is 3.05. The quantitative estimate of drug-likeness (QED) is 0.520. The highest BCUT2D eigenvalue weighted by atomic mass is 19.1. The number of ether oxygens (including phenoxy) is 3. The van der Waals surface area contributed by atoms with E-state index in [2.05, 4.69) is 4.90 Å². The molecule has 2 aromatic carbocycles. The summed E-state index contributed by atoms with van der Waals surface area (Å²) in [5.74, 6) is 1.25. The van der Waals surface area contributed by atoms with Gasteiger partial charge in [0.25, 0.3) is 0 Å². The minimum atomic E-state index is -1.16. The van der Waals surface area contributed by atoms with Gasteiger partial charge >= 0.3 is 0 Å². The van der Waals surface area contributed by atoms with E-state index in [-0.39, 0.29) is 24.9 Å². The molecule has 2 saturated heterocycles. The topological polar surface area (TPSA) is 71.5 Å². The fourth-order valence-corrected chi connectivity index (χ4v) is 4.46. The van der Waals surface area contributed by atoms with Crippen LogP contribution in [0.25, 0.3) is 0 Å². The van der Waals surface area contributed by atoms with Gasteiger partial charge in [0.05, 0.1) is 19.8 Å². The van der Waals surface area contributed by atoms with E-state index >= 15 is 0 Å².